The van der Waals surface area contributed by atoms with Gasteiger partial charge >= 0.3 is 0 Å². The molecule has 0 aliphatic carbocycles. The number of sulfonamides is 1. The van der Waals surface area contributed by atoms with E-state index in [1.807, 2.05) is 0 Å². The number of halogens is 1. The first-order chi connectivity index (χ1) is 11.9. The molecule has 2 saturated heterocycles. The second-order valence-corrected chi connectivity index (χ2v) is 8.85. The van der Waals surface area contributed by atoms with Crippen molar-refractivity contribution in [2.75, 3.05) is 33.4 Å². The number of carbonyl (C=O) groups excluding carboxylic acids is 1. The van der Waals surface area contributed by atoms with Crippen LogP contribution in [0.5, 0.6) is 0 Å². The zero-order valence-electron chi connectivity index (χ0n) is 14.3. The lowest BCUT2D eigenvalue weighted by Crippen LogP contribution is -2.61. The van der Waals surface area contributed by atoms with Crippen molar-refractivity contribution in [3.05, 3.63) is 29.3 Å². The molecule has 0 N–H and O–H groups in total. The molecule has 1 unspecified atom stereocenters. The molecule has 25 heavy (non-hydrogen) atoms. The number of ether oxygens (including phenoxy) is 1. The van der Waals surface area contributed by atoms with E-state index in [1.54, 1.807) is 24.1 Å². The predicted octanol–water partition coefficient (Wildman–Crippen LogP) is 2.13. The van der Waals surface area contributed by atoms with Crippen molar-refractivity contribution in [1.82, 2.24) is 9.21 Å². The fraction of sp³-hybridized carbons (Fsp3) is 0.588. The van der Waals surface area contributed by atoms with E-state index in [4.69, 9.17) is 16.3 Å². The van der Waals surface area contributed by atoms with Gasteiger partial charge in [-0.2, -0.15) is 4.31 Å². The van der Waals surface area contributed by atoms with Crippen LogP contribution in [-0.2, 0) is 19.6 Å². The predicted molar refractivity (Wildman–Crippen MR) is 95.0 cm³/mol. The zero-order valence-corrected chi connectivity index (χ0v) is 15.9. The molecule has 8 heteroatoms. The normalized spacial score (nSPS) is 25.0. The number of nitrogens with zero attached hydrogens (tertiary/aromatic N) is 2. The molecule has 6 nitrogen and oxygen atoms in total. The number of hydrogen-bond acceptors (Lipinski definition) is 4. The van der Waals surface area contributed by atoms with Crippen LogP contribution >= 0.6 is 11.6 Å². The summed E-state index contributed by atoms with van der Waals surface area (Å²) in [5, 5.41) is 0.481. The summed E-state index contributed by atoms with van der Waals surface area (Å²) in [5.41, 5.74) is -0.954. The molecule has 1 amide bonds. The Kier molecular flexibility index (Phi) is 5.39. The maximum absolute atomic E-state index is 13.2. The van der Waals surface area contributed by atoms with E-state index in [9.17, 15) is 13.2 Å². The molecule has 0 aromatic heterocycles. The van der Waals surface area contributed by atoms with Crippen LogP contribution in [0.4, 0.5) is 0 Å². The van der Waals surface area contributed by atoms with E-state index < -0.39 is 15.6 Å². The SMILES string of the molecule is COCCN1CCCC2(CCCN2S(=O)(=O)c2ccc(Cl)cc2)C1=O. The highest BCUT2D eigenvalue weighted by molar-refractivity contribution is 7.89. The first-order valence-electron chi connectivity index (χ1n) is 8.48. The Morgan fingerprint density at radius 2 is 1.80 bits per heavy atom. The Balaban J connectivity index is 1.93. The van der Waals surface area contributed by atoms with Gasteiger partial charge in [-0.05, 0) is 49.9 Å². The fourth-order valence-electron chi connectivity index (χ4n) is 3.88. The molecule has 2 heterocycles. The molecule has 0 bridgehead atoms. The molecule has 2 aliphatic rings. The summed E-state index contributed by atoms with van der Waals surface area (Å²) >= 11 is 5.87. The van der Waals surface area contributed by atoms with E-state index in [0.29, 0.717) is 50.5 Å². The zero-order chi connectivity index (χ0) is 18.1. The molecule has 138 valence electrons. The molecular weight excluding hydrogens is 364 g/mol. The van der Waals surface area contributed by atoms with Crippen molar-refractivity contribution in [3.63, 3.8) is 0 Å². The first kappa shape index (κ1) is 18.6. The van der Waals surface area contributed by atoms with E-state index >= 15 is 0 Å². The van der Waals surface area contributed by atoms with E-state index in [-0.39, 0.29) is 10.8 Å². The van der Waals surface area contributed by atoms with Gasteiger partial charge in [-0.15, -0.1) is 0 Å². The van der Waals surface area contributed by atoms with Gasteiger partial charge < -0.3 is 9.64 Å². The van der Waals surface area contributed by atoms with Crippen LogP contribution in [0, 0.1) is 0 Å². The van der Waals surface area contributed by atoms with Crippen molar-refractivity contribution < 1.29 is 17.9 Å². The number of methoxy groups -OCH3 is 1. The molecule has 3 rings (SSSR count). The van der Waals surface area contributed by atoms with Gasteiger partial charge in [-0.1, -0.05) is 11.6 Å². The topological polar surface area (TPSA) is 66.9 Å². The lowest BCUT2D eigenvalue weighted by Gasteiger charge is -2.43. The smallest absolute Gasteiger partial charge is 0.244 e. The molecule has 1 spiro atoms. The van der Waals surface area contributed by atoms with Crippen LogP contribution in [0.3, 0.4) is 0 Å². The average molecular weight is 387 g/mol. The Labute approximate surface area is 153 Å². The lowest BCUT2D eigenvalue weighted by atomic mass is 9.86. The van der Waals surface area contributed by atoms with Gasteiger partial charge in [0.1, 0.15) is 5.54 Å². The van der Waals surface area contributed by atoms with Crippen molar-refractivity contribution in [2.45, 2.75) is 36.1 Å². The number of rotatable bonds is 5. The third-order valence-electron chi connectivity index (χ3n) is 5.10. The number of hydrogen-bond donors (Lipinski definition) is 0. The Bertz CT molecular complexity index is 738. The number of piperidine rings is 1. The molecular formula is C17H23ClN2O4S. The van der Waals surface area contributed by atoms with Crippen LogP contribution in [-0.4, -0.2) is 62.4 Å². The van der Waals surface area contributed by atoms with E-state index in [1.165, 1.54) is 16.4 Å². The highest BCUT2D eigenvalue weighted by Gasteiger charge is 2.55. The maximum Gasteiger partial charge on any atom is 0.244 e. The third-order valence-corrected chi connectivity index (χ3v) is 7.33. The minimum absolute atomic E-state index is 0.0918. The minimum atomic E-state index is -3.74. The number of amides is 1. The largest absolute Gasteiger partial charge is 0.383 e. The monoisotopic (exact) mass is 386 g/mol. The van der Waals surface area contributed by atoms with Gasteiger partial charge in [0, 0.05) is 31.8 Å². The van der Waals surface area contributed by atoms with Crippen molar-refractivity contribution >= 4 is 27.5 Å². The number of carbonyl (C=O) groups is 1. The van der Waals surface area contributed by atoms with Crippen LogP contribution in [0.25, 0.3) is 0 Å². The molecule has 1 aromatic carbocycles. The van der Waals surface area contributed by atoms with Gasteiger partial charge in [0.15, 0.2) is 0 Å². The number of benzene rings is 1. The van der Waals surface area contributed by atoms with Gasteiger partial charge in [0.2, 0.25) is 15.9 Å². The Morgan fingerprint density at radius 1 is 1.16 bits per heavy atom. The first-order valence-corrected chi connectivity index (χ1v) is 10.3. The quantitative estimate of drug-likeness (QED) is 0.777. The Morgan fingerprint density at radius 3 is 2.44 bits per heavy atom. The number of likely N-dealkylation sites (tertiary alicyclic amines) is 1. The summed E-state index contributed by atoms with van der Waals surface area (Å²) in [7, 11) is -2.15. The third kappa shape index (κ3) is 3.30. The molecule has 0 saturated carbocycles. The standard InChI is InChI=1S/C17H23ClN2O4S/c1-24-13-12-19-10-2-8-17(16(19)21)9-3-11-20(17)25(22,23)15-6-4-14(18)5-7-15/h4-7H,2-3,8-13H2,1H3. The van der Waals surface area contributed by atoms with Gasteiger partial charge in [0.25, 0.3) is 0 Å². The summed E-state index contributed by atoms with van der Waals surface area (Å²) in [4.78, 5) is 15.1. The summed E-state index contributed by atoms with van der Waals surface area (Å²) in [6, 6.07) is 6.12. The summed E-state index contributed by atoms with van der Waals surface area (Å²) in [6.07, 6.45) is 2.63. The van der Waals surface area contributed by atoms with Crippen LogP contribution in [0.1, 0.15) is 25.7 Å². The van der Waals surface area contributed by atoms with Crippen LogP contribution in [0.2, 0.25) is 5.02 Å². The lowest BCUT2D eigenvalue weighted by molar-refractivity contribution is -0.145. The summed E-state index contributed by atoms with van der Waals surface area (Å²) in [6.45, 7) is 1.96. The van der Waals surface area contributed by atoms with Gasteiger partial charge in [-0.25, -0.2) is 8.42 Å². The average Bonchev–Trinajstić information content (AvgIpc) is 3.02. The minimum Gasteiger partial charge on any atom is -0.383 e. The van der Waals surface area contributed by atoms with Crippen LogP contribution in [0.15, 0.2) is 29.2 Å². The highest BCUT2D eigenvalue weighted by Crippen LogP contribution is 2.41. The summed E-state index contributed by atoms with van der Waals surface area (Å²) in [5.74, 6) is -0.0918. The highest BCUT2D eigenvalue weighted by atomic mass is 35.5. The summed E-state index contributed by atoms with van der Waals surface area (Å²) < 4.78 is 32.8. The molecule has 1 atom stereocenters. The molecule has 1 aromatic rings. The van der Waals surface area contributed by atoms with Gasteiger partial charge in [-0.3, -0.25) is 4.79 Å². The second kappa shape index (κ2) is 7.23. The van der Waals surface area contributed by atoms with Crippen molar-refractivity contribution in [3.8, 4) is 0 Å². The van der Waals surface area contributed by atoms with Crippen molar-refractivity contribution in [2.24, 2.45) is 0 Å². The second-order valence-electron chi connectivity index (χ2n) is 6.55. The van der Waals surface area contributed by atoms with E-state index in [2.05, 4.69) is 0 Å². The Hall–Kier alpha value is -1.15. The molecule has 2 fully saturated rings. The van der Waals surface area contributed by atoms with Crippen LogP contribution < -0.4 is 0 Å². The van der Waals surface area contributed by atoms with Crippen molar-refractivity contribution in [1.29, 1.82) is 0 Å². The fourth-order valence-corrected chi connectivity index (χ4v) is 5.83. The maximum atomic E-state index is 13.2. The molecule has 0 radical (unpaired) electrons. The molecule has 2 aliphatic heterocycles. The van der Waals surface area contributed by atoms with E-state index in [0.717, 1.165) is 6.42 Å². The van der Waals surface area contributed by atoms with Gasteiger partial charge in [0.05, 0.1) is 11.5 Å².